The van der Waals surface area contributed by atoms with Gasteiger partial charge in [0.15, 0.2) is 0 Å². The maximum atomic E-state index is 13.1. The second kappa shape index (κ2) is 16.0. The van der Waals surface area contributed by atoms with E-state index in [1.165, 1.54) is 0 Å². The topological polar surface area (TPSA) is 214 Å². The van der Waals surface area contributed by atoms with Crippen molar-refractivity contribution in [3.63, 3.8) is 0 Å². The minimum Gasteiger partial charge on any atom is -0.481 e. The highest BCUT2D eigenvalue weighted by Gasteiger charge is 2.32. The van der Waals surface area contributed by atoms with Crippen LogP contribution in [0, 0.1) is 11.8 Å². The van der Waals surface area contributed by atoms with Crippen LogP contribution < -0.4 is 27.4 Å². The number of hydrogen-bond donors (Lipinski definition) is 7. The predicted molar refractivity (Wildman–Crippen MR) is 125 cm³/mol. The van der Waals surface area contributed by atoms with E-state index in [2.05, 4.69) is 16.0 Å². The number of unbranched alkanes of at least 4 members (excludes halogenated alkanes) is 1. The molecule has 9 N–H and O–H groups in total. The molecular formula is C22H41N5O7. The largest absolute Gasteiger partial charge is 0.481 e. The normalized spacial score (nSPS) is 15.5. The zero-order valence-electron chi connectivity index (χ0n) is 20.5. The lowest BCUT2D eigenvalue weighted by atomic mass is 9.96. The molecule has 0 bridgehead atoms. The second-order valence-electron chi connectivity index (χ2n) is 8.82. The van der Waals surface area contributed by atoms with Crippen molar-refractivity contribution in [3.05, 3.63) is 0 Å². The van der Waals surface area contributed by atoms with E-state index in [4.69, 9.17) is 16.6 Å². The highest BCUT2D eigenvalue weighted by atomic mass is 16.4. The molecule has 5 unspecified atom stereocenters. The van der Waals surface area contributed by atoms with Crippen LogP contribution in [0.4, 0.5) is 0 Å². The molecule has 12 heteroatoms. The number of aliphatic carboxylic acids is 2. The first kappa shape index (κ1) is 31.3. The van der Waals surface area contributed by atoms with E-state index >= 15 is 0 Å². The molecule has 34 heavy (non-hydrogen) atoms. The van der Waals surface area contributed by atoms with Crippen molar-refractivity contribution < 1.29 is 34.2 Å². The van der Waals surface area contributed by atoms with Crippen molar-refractivity contribution >= 4 is 29.7 Å². The van der Waals surface area contributed by atoms with Gasteiger partial charge in [-0.2, -0.15) is 0 Å². The molecule has 0 aliphatic rings. The molecule has 0 fully saturated rings. The van der Waals surface area contributed by atoms with Gasteiger partial charge < -0.3 is 37.6 Å². The van der Waals surface area contributed by atoms with Gasteiger partial charge in [0.1, 0.15) is 18.1 Å². The molecule has 3 amide bonds. The van der Waals surface area contributed by atoms with Gasteiger partial charge in [-0.15, -0.1) is 0 Å². The van der Waals surface area contributed by atoms with Gasteiger partial charge in [0, 0.05) is 6.42 Å². The van der Waals surface area contributed by atoms with Crippen LogP contribution in [-0.4, -0.2) is 70.6 Å². The minimum atomic E-state index is -1.42. The number of carboxylic acids is 2. The summed E-state index contributed by atoms with van der Waals surface area (Å²) in [4.78, 5) is 60.7. The van der Waals surface area contributed by atoms with Crippen molar-refractivity contribution in [1.82, 2.24) is 16.0 Å². The molecule has 0 heterocycles. The number of hydrogen-bond acceptors (Lipinski definition) is 7. The van der Waals surface area contributed by atoms with Gasteiger partial charge in [0.25, 0.3) is 0 Å². The lowest BCUT2D eigenvalue weighted by Gasteiger charge is -2.28. The standard InChI is InChI=1S/C22H41N5O7/c1-5-13(4)18(27-20(31)17(24)12(2)3)21(32)25-14(8-6-7-11-23)19(30)26-15(22(33)34)9-10-16(28)29/h12-15,17-18H,5-11,23-24H2,1-4H3,(H,25,32)(H,26,30)(H,27,31)(H,28,29)(H,33,34). The van der Waals surface area contributed by atoms with Crippen molar-refractivity contribution in [2.75, 3.05) is 6.54 Å². The lowest BCUT2D eigenvalue weighted by molar-refractivity contribution is -0.143. The SMILES string of the molecule is CCC(C)C(NC(=O)C(N)C(C)C)C(=O)NC(CCCCN)C(=O)NC(CCC(=O)O)C(=O)O. The third-order valence-corrected chi connectivity index (χ3v) is 5.66. The molecule has 0 aliphatic heterocycles. The summed E-state index contributed by atoms with van der Waals surface area (Å²) in [6, 6.07) is -4.28. The van der Waals surface area contributed by atoms with Crippen LogP contribution in [0.2, 0.25) is 0 Å². The molecular weight excluding hydrogens is 446 g/mol. The smallest absolute Gasteiger partial charge is 0.326 e. The zero-order valence-corrected chi connectivity index (χ0v) is 20.5. The van der Waals surface area contributed by atoms with Gasteiger partial charge in [0.2, 0.25) is 17.7 Å². The summed E-state index contributed by atoms with van der Waals surface area (Å²) < 4.78 is 0. The van der Waals surface area contributed by atoms with Crippen LogP contribution in [-0.2, 0) is 24.0 Å². The van der Waals surface area contributed by atoms with Crippen LogP contribution >= 0.6 is 0 Å². The Balaban J connectivity index is 5.58. The Kier molecular flexibility index (Phi) is 14.7. The predicted octanol–water partition coefficient (Wildman–Crippen LogP) is -0.451. The molecule has 0 saturated heterocycles. The van der Waals surface area contributed by atoms with Crippen LogP contribution in [0.25, 0.3) is 0 Å². The minimum absolute atomic E-state index is 0.144. The first-order valence-corrected chi connectivity index (χ1v) is 11.7. The fourth-order valence-electron chi connectivity index (χ4n) is 3.07. The Morgan fingerprint density at radius 2 is 1.41 bits per heavy atom. The lowest BCUT2D eigenvalue weighted by Crippen LogP contribution is -2.59. The van der Waals surface area contributed by atoms with Gasteiger partial charge in [0.05, 0.1) is 6.04 Å². The van der Waals surface area contributed by atoms with E-state index in [1.807, 2.05) is 6.92 Å². The second-order valence-corrected chi connectivity index (χ2v) is 8.82. The van der Waals surface area contributed by atoms with Gasteiger partial charge in [-0.3, -0.25) is 19.2 Å². The molecule has 5 atom stereocenters. The maximum absolute atomic E-state index is 13.1. The van der Waals surface area contributed by atoms with Gasteiger partial charge in [-0.25, -0.2) is 4.79 Å². The Hall–Kier alpha value is -2.73. The average molecular weight is 488 g/mol. The summed E-state index contributed by atoms with van der Waals surface area (Å²) in [6.07, 6.45) is 1.07. The zero-order chi connectivity index (χ0) is 26.4. The molecule has 196 valence electrons. The Morgan fingerprint density at radius 3 is 1.88 bits per heavy atom. The monoisotopic (exact) mass is 487 g/mol. The highest BCUT2D eigenvalue weighted by molar-refractivity contribution is 5.94. The number of rotatable bonds is 17. The number of nitrogens with two attached hydrogens (primary N) is 2. The third-order valence-electron chi connectivity index (χ3n) is 5.66. The van der Waals surface area contributed by atoms with Crippen LogP contribution in [0.3, 0.4) is 0 Å². The number of carbonyl (C=O) groups is 5. The number of carbonyl (C=O) groups excluding carboxylic acids is 3. The first-order valence-electron chi connectivity index (χ1n) is 11.7. The molecule has 0 aromatic carbocycles. The Bertz CT molecular complexity index is 701. The summed E-state index contributed by atoms with van der Waals surface area (Å²) in [5.74, 6) is -4.82. The summed E-state index contributed by atoms with van der Waals surface area (Å²) >= 11 is 0. The molecule has 0 aromatic heterocycles. The Labute approximate surface area is 200 Å². The molecule has 0 radical (unpaired) electrons. The van der Waals surface area contributed by atoms with E-state index in [-0.39, 0.29) is 24.7 Å². The van der Waals surface area contributed by atoms with E-state index in [9.17, 15) is 29.1 Å². The summed E-state index contributed by atoms with van der Waals surface area (Å²) in [7, 11) is 0. The average Bonchev–Trinajstić information content (AvgIpc) is 2.77. The van der Waals surface area contributed by atoms with E-state index in [0.717, 1.165) is 0 Å². The van der Waals surface area contributed by atoms with Gasteiger partial charge in [-0.05, 0) is 44.1 Å². The molecule has 0 saturated carbocycles. The molecule has 0 aliphatic carbocycles. The molecule has 0 aromatic rings. The number of nitrogens with one attached hydrogen (secondary N) is 3. The fourth-order valence-corrected chi connectivity index (χ4v) is 3.07. The van der Waals surface area contributed by atoms with Crippen LogP contribution in [0.5, 0.6) is 0 Å². The van der Waals surface area contributed by atoms with E-state index in [1.54, 1.807) is 20.8 Å². The van der Waals surface area contributed by atoms with Crippen molar-refractivity contribution in [1.29, 1.82) is 0 Å². The molecule has 12 nitrogen and oxygen atoms in total. The summed E-state index contributed by atoms with van der Waals surface area (Å²) in [6.45, 7) is 7.57. The van der Waals surface area contributed by atoms with Crippen molar-refractivity contribution in [2.45, 2.75) is 90.4 Å². The van der Waals surface area contributed by atoms with Crippen LogP contribution in [0.15, 0.2) is 0 Å². The van der Waals surface area contributed by atoms with Crippen LogP contribution in [0.1, 0.15) is 66.2 Å². The quantitative estimate of drug-likeness (QED) is 0.132. The van der Waals surface area contributed by atoms with E-state index < -0.39 is 60.2 Å². The molecule has 0 rings (SSSR count). The number of amides is 3. The highest BCUT2D eigenvalue weighted by Crippen LogP contribution is 2.11. The van der Waals surface area contributed by atoms with Crippen molar-refractivity contribution in [2.24, 2.45) is 23.3 Å². The Morgan fingerprint density at radius 1 is 0.824 bits per heavy atom. The van der Waals surface area contributed by atoms with E-state index in [0.29, 0.717) is 25.8 Å². The fraction of sp³-hybridized carbons (Fsp3) is 0.773. The molecule has 0 spiro atoms. The van der Waals surface area contributed by atoms with Gasteiger partial charge >= 0.3 is 11.9 Å². The van der Waals surface area contributed by atoms with Gasteiger partial charge in [-0.1, -0.05) is 34.1 Å². The van der Waals surface area contributed by atoms with Crippen molar-refractivity contribution in [3.8, 4) is 0 Å². The number of carboxylic acid groups (broad SMARTS) is 2. The first-order chi connectivity index (χ1) is 15.8. The summed E-state index contributed by atoms with van der Waals surface area (Å²) in [5.41, 5.74) is 11.4. The summed E-state index contributed by atoms with van der Waals surface area (Å²) in [5, 5.41) is 25.7. The third kappa shape index (κ3) is 11.4. The maximum Gasteiger partial charge on any atom is 0.326 e.